The van der Waals surface area contributed by atoms with Crippen LogP contribution < -0.4 is 10.5 Å². The molecule has 0 unspecified atom stereocenters. The summed E-state index contributed by atoms with van der Waals surface area (Å²) in [5, 5.41) is 0. The lowest BCUT2D eigenvalue weighted by Gasteiger charge is -2.34. The fourth-order valence-corrected chi connectivity index (χ4v) is 4.84. The lowest BCUT2D eigenvalue weighted by Crippen LogP contribution is -2.31. The number of benzene rings is 1. The van der Waals surface area contributed by atoms with Gasteiger partial charge in [0.05, 0.1) is 30.3 Å². The Morgan fingerprint density at radius 2 is 1.85 bits per heavy atom. The number of amidine groups is 1. The summed E-state index contributed by atoms with van der Waals surface area (Å²) in [4.78, 5) is 13.4. The van der Waals surface area contributed by atoms with Crippen molar-refractivity contribution < 1.29 is 18.6 Å². The van der Waals surface area contributed by atoms with Gasteiger partial charge in [-0.15, -0.1) is 0 Å². The van der Waals surface area contributed by atoms with Gasteiger partial charge in [-0.2, -0.15) is 0 Å². The largest absolute Gasteiger partial charge is 0.462 e. The highest BCUT2D eigenvalue weighted by molar-refractivity contribution is 5.78. The van der Waals surface area contributed by atoms with E-state index in [0.717, 1.165) is 34.4 Å². The molecule has 6 rings (SSSR count). The first-order valence-corrected chi connectivity index (χ1v) is 11.1. The van der Waals surface area contributed by atoms with Crippen molar-refractivity contribution in [1.82, 2.24) is 9.97 Å². The third-order valence-corrected chi connectivity index (χ3v) is 6.42. The minimum atomic E-state index is -0.900. The second-order valence-corrected chi connectivity index (χ2v) is 9.24. The third kappa shape index (κ3) is 3.33. The fraction of sp³-hybridized carbons (Fsp3) is 0.269. The second kappa shape index (κ2) is 7.36. The van der Waals surface area contributed by atoms with Crippen molar-refractivity contribution in [3.63, 3.8) is 0 Å². The second-order valence-electron chi connectivity index (χ2n) is 9.24. The van der Waals surface area contributed by atoms with Crippen molar-refractivity contribution in [2.24, 2.45) is 10.7 Å². The van der Waals surface area contributed by atoms with Crippen LogP contribution in [0.5, 0.6) is 11.5 Å². The van der Waals surface area contributed by atoms with E-state index < -0.39 is 11.4 Å². The van der Waals surface area contributed by atoms with Crippen LogP contribution >= 0.6 is 0 Å². The average molecular weight is 458 g/mol. The number of nitrogens with zero attached hydrogens (tertiary/aromatic N) is 3. The first-order valence-electron chi connectivity index (χ1n) is 11.1. The number of aliphatic imine (C=N–C) groups is 1. The number of pyridine rings is 2. The molecule has 1 aromatic carbocycles. The van der Waals surface area contributed by atoms with Gasteiger partial charge >= 0.3 is 0 Å². The molecule has 1 atom stereocenters. The number of ether oxygens (including phenoxy) is 3. The predicted octanol–water partition coefficient (Wildman–Crippen LogP) is 4.56. The van der Waals surface area contributed by atoms with Crippen LogP contribution in [-0.2, 0) is 15.0 Å². The Morgan fingerprint density at radius 1 is 1.00 bits per heavy atom. The summed E-state index contributed by atoms with van der Waals surface area (Å²) >= 11 is 0. The van der Waals surface area contributed by atoms with Crippen LogP contribution in [0.1, 0.15) is 37.1 Å². The molecule has 0 bridgehead atoms. The predicted molar refractivity (Wildman–Crippen MR) is 125 cm³/mol. The zero-order chi connectivity index (χ0) is 23.5. The average Bonchev–Trinajstić information content (AvgIpc) is 3.20. The maximum absolute atomic E-state index is 13.8. The Balaban J connectivity index is 1.52. The molecule has 0 saturated carbocycles. The van der Waals surface area contributed by atoms with E-state index in [0.29, 0.717) is 23.7 Å². The van der Waals surface area contributed by atoms with E-state index in [-0.39, 0.29) is 18.2 Å². The van der Waals surface area contributed by atoms with Gasteiger partial charge in [-0.25, -0.2) is 9.38 Å². The molecular formula is C26H23FN4O3. The molecule has 0 fully saturated rings. The van der Waals surface area contributed by atoms with E-state index in [9.17, 15) is 4.39 Å². The van der Waals surface area contributed by atoms with Crippen molar-refractivity contribution in [3.8, 4) is 22.6 Å². The SMILES string of the molecule is CC1(C)C=C(c2cc3c(cn2)Oc2ccc(-c4cncc(F)c4)cc2[C@@]32COC(N)=N2)CCO1. The number of nitrogens with two attached hydrogens (primary N) is 1. The van der Waals surface area contributed by atoms with Crippen molar-refractivity contribution in [3.05, 3.63) is 77.6 Å². The zero-order valence-electron chi connectivity index (χ0n) is 18.8. The van der Waals surface area contributed by atoms with Gasteiger partial charge in [-0.3, -0.25) is 9.97 Å². The molecule has 2 N–H and O–H groups in total. The highest BCUT2D eigenvalue weighted by Gasteiger charge is 2.47. The quantitative estimate of drug-likeness (QED) is 0.605. The van der Waals surface area contributed by atoms with E-state index in [2.05, 4.69) is 16.0 Å². The molecule has 3 aromatic rings. The number of halogens is 1. The standard InChI is InChI=1S/C26H23FN4O3/c1-25(2)10-16(5-6-33-25)21-9-20-23(13-30-21)34-22-4-3-15(17-7-18(27)12-29-11-17)8-19(22)26(20)14-32-24(28)31-26/h3-4,7-13H,5-6,14H2,1-2H3,(H2,28,31)/t26-/m0/s1. The molecule has 1 spiro atoms. The van der Waals surface area contributed by atoms with Gasteiger partial charge in [0.25, 0.3) is 6.02 Å². The van der Waals surface area contributed by atoms with Gasteiger partial charge in [0.2, 0.25) is 0 Å². The van der Waals surface area contributed by atoms with Gasteiger partial charge in [0.1, 0.15) is 18.2 Å². The van der Waals surface area contributed by atoms with Crippen LogP contribution in [-0.4, -0.2) is 34.8 Å². The molecule has 0 saturated heterocycles. The molecule has 2 aromatic heterocycles. The highest BCUT2D eigenvalue weighted by Crippen LogP contribution is 2.52. The van der Waals surface area contributed by atoms with E-state index in [1.165, 1.54) is 12.3 Å². The summed E-state index contributed by atoms with van der Waals surface area (Å²) in [6.07, 6.45) is 7.40. The zero-order valence-corrected chi connectivity index (χ0v) is 18.8. The number of rotatable bonds is 2. The van der Waals surface area contributed by atoms with Gasteiger partial charge in [0, 0.05) is 22.9 Å². The van der Waals surface area contributed by atoms with E-state index >= 15 is 0 Å². The Morgan fingerprint density at radius 3 is 2.62 bits per heavy atom. The van der Waals surface area contributed by atoms with E-state index in [1.807, 2.05) is 38.1 Å². The molecule has 3 aliphatic heterocycles. The van der Waals surface area contributed by atoms with E-state index in [1.54, 1.807) is 12.4 Å². The molecule has 3 aliphatic rings. The normalized spacial score (nSPS) is 22.2. The third-order valence-electron chi connectivity index (χ3n) is 6.42. The Kier molecular flexibility index (Phi) is 4.50. The van der Waals surface area contributed by atoms with Crippen molar-refractivity contribution in [2.45, 2.75) is 31.4 Å². The molecule has 0 radical (unpaired) electrons. The van der Waals surface area contributed by atoms with E-state index in [4.69, 9.17) is 24.9 Å². The van der Waals surface area contributed by atoms with Crippen molar-refractivity contribution >= 4 is 11.6 Å². The van der Waals surface area contributed by atoms with Crippen LogP contribution in [0.4, 0.5) is 4.39 Å². The highest BCUT2D eigenvalue weighted by atomic mass is 19.1. The lowest BCUT2D eigenvalue weighted by atomic mass is 9.80. The van der Waals surface area contributed by atoms with Crippen LogP contribution in [0.3, 0.4) is 0 Å². The Labute approximate surface area is 196 Å². The smallest absolute Gasteiger partial charge is 0.283 e. The molecule has 7 nitrogen and oxygen atoms in total. The molecule has 172 valence electrons. The Bertz CT molecular complexity index is 1380. The minimum absolute atomic E-state index is 0.112. The van der Waals surface area contributed by atoms with Crippen LogP contribution in [0.25, 0.3) is 16.7 Å². The number of fused-ring (bicyclic) bond motifs is 4. The van der Waals surface area contributed by atoms with Gasteiger partial charge in [-0.05, 0) is 61.7 Å². The summed E-state index contributed by atoms with van der Waals surface area (Å²) in [7, 11) is 0. The number of aromatic nitrogens is 2. The fourth-order valence-electron chi connectivity index (χ4n) is 4.84. The van der Waals surface area contributed by atoms with Crippen LogP contribution in [0.15, 0.2) is 60.0 Å². The molecule has 8 heteroatoms. The molecule has 0 amide bonds. The first kappa shape index (κ1) is 20.8. The summed E-state index contributed by atoms with van der Waals surface area (Å²) in [5.41, 5.74) is 9.78. The number of hydrogen-bond acceptors (Lipinski definition) is 7. The summed E-state index contributed by atoms with van der Waals surface area (Å²) in [5.74, 6) is 0.829. The topological polar surface area (TPSA) is 91.9 Å². The van der Waals surface area contributed by atoms with Crippen molar-refractivity contribution in [2.75, 3.05) is 13.2 Å². The number of hydrogen-bond donors (Lipinski definition) is 1. The monoisotopic (exact) mass is 458 g/mol. The first-order chi connectivity index (χ1) is 16.3. The maximum atomic E-state index is 13.8. The Hall–Kier alpha value is -3.78. The molecule has 5 heterocycles. The van der Waals surface area contributed by atoms with Gasteiger partial charge in [0.15, 0.2) is 11.3 Å². The van der Waals surface area contributed by atoms with Gasteiger partial charge < -0.3 is 19.9 Å². The molecule has 0 aliphatic carbocycles. The summed E-state index contributed by atoms with van der Waals surface area (Å²) in [6.45, 7) is 4.92. The molecule has 34 heavy (non-hydrogen) atoms. The minimum Gasteiger partial charge on any atom is -0.462 e. The van der Waals surface area contributed by atoms with Crippen LogP contribution in [0, 0.1) is 5.82 Å². The summed E-state index contributed by atoms with van der Waals surface area (Å²) < 4.78 is 31.6. The van der Waals surface area contributed by atoms with Crippen molar-refractivity contribution in [1.29, 1.82) is 0 Å². The summed E-state index contributed by atoms with van der Waals surface area (Å²) in [6, 6.07) is 9.23. The van der Waals surface area contributed by atoms with Gasteiger partial charge in [-0.1, -0.05) is 6.07 Å². The maximum Gasteiger partial charge on any atom is 0.283 e. The van der Waals surface area contributed by atoms with Crippen LogP contribution in [0.2, 0.25) is 0 Å². The lowest BCUT2D eigenvalue weighted by molar-refractivity contribution is 0.0164. The molecular weight excluding hydrogens is 435 g/mol.